The minimum Gasteiger partial charge on any atom is -0.512 e. The molecule has 1 N–H and O–H groups in total. The molecule has 0 aliphatic rings. The van der Waals surface area contributed by atoms with Gasteiger partial charge in [-0.1, -0.05) is 20.8 Å². The highest BCUT2D eigenvalue weighted by molar-refractivity contribution is 5.91. The quantitative estimate of drug-likeness (QED) is 0.532. The van der Waals surface area contributed by atoms with Crippen molar-refractivity contribution in [3.8, 4) is 0 Å². The molecule has 0 saturated carbocycles. The number of carbonyl (C=O) groups is 1. The molecule has 0 aromatic heterocycles. The van der Waals surface area contributed by atoms with Crippen molar-refractivity contribution in [2.24, 2.45) is 5.41 Å². The number of halogens is 1. The van der Waals surface area contributed by atoms with Crippen molar-refractivity contribution in [1.82, 2.24) is 0 Å². The molecule has 0 unspecified atom stereocenters. The Kier molecular flexibility index (Phi) is 4.67. The standard InChI is InChI=1S/C10H17FO2/c1-4-10(3,5-2)9(13)6-8(12)7-11/h6,13H,4-5,7H2,1-3H3/b9-6-. The fraction of sp³-hybridized carbons (Fsp3) is 0.700. The van der Waals surface area contributed by atoms with Crippen LogP contribution in [0.5, 0.6) is 0 Å². The Labute approximate surface area is 78.5 Å². The van der Waals surface area contributed by atoms with Gasteiger partial charge >= 0.3 is 0 Å². The summed E-state index contributed by atoms with van der Waals surface area (Å²) in [6.07, 6.45) is 2.45. The Morgan fingerprint density at radius 2 is 1.92 bits per heavy atom. The van der Waals surface area contributed by atoms with Gasteiger partial charge < -0.3 is 5.11 Å². The lowest BCUT2D eigenvalue weighted by Crippen LogP contribution is -2.18. The molecule has 0 amide bonds. The number of aliphatic hydroxyl groups excluding tert-OH is 1. The molecule has 0 atom stereocenters. The van der Waals surface area contributed by atoms with Gasteiger partial charge in [0.2, 0.25) is 0 Å². The molecule has 0 bridgehead atoms. The lowest BCUT2D eigenvalue weighted by Gasteiger charge is -2.25. The van der Waals surface area contributed by atoms with Gasteiger partial charge in [-0.15, -0.1) is 0 Å². The van der Waals surface area contributed by atoms with E-state index in [9.17, 15) is 14.3 Å². The summed E-state index contributed by atoms with van der Waals surface area (Å²) < 4.78 is 11.8. The first-order valence-corrected chi connectivity index (χ1v) is 4.50. The summed E-state index contributed by atoms with van der Waals surface area (Å²) in [4.78, 5) is 10.7. The smallest absolute Gasteiger partial charge is 0.189 e. The first-order valence-electron chi connectivity index (χ1n) is 4.50. The molecule has 0 aliphatic heterocycles. The molecular weight excluding hydrogens is 171 g/mol. The molecule has 0 aromatic rings. The van der Waals surface area contributed by atoms with Crippen LogP contribution in [0.1, 0.15) is 33.6 Å². The summed E-state index contributed by atoms with van der Waals surface area (Å²) in [6.45, 7) is 4.65. The molecule has 2 nitrogen and oxygen atoms in total. The zero-order chi connectivity index (χ0) is 10.5. The highest BCUT2D eigenvalue weighted by Crippen LogP contribution is 2.32. The molecular formula is C10H17FO2. The summed E-state index contributed by atoms with van der Waals surface area (Å²) >= 11 is 0. The predicted octanol–water partition coefficient (Wildman–Crippen LogP) is 2.79. The highest BCUT2D eigenvalue weighted by Gasteiger charge is 2.25. The topological polar surface area (TPSA) is 37.3 Å². The van der Waals surface area contributed by atoms with Gasteiger partial charge in [0, 0.05) is 11.5 Å². The largest absolute Gasteiger partial charge is 0.512 e. The normalized spacial score (nSPS) is 13.1. The molecule has 76 valence electrons. The van der Waals surface area contributed by atoms with Gasteiger partial charge in [0.25, 0.3) is 0 Å². The summed E-state index contributed by atoms with van der Waals surface area (Å²) in [5, 5.41) is 9.54. The fourth-order valence-corrected chi connectivity index (χ4v) is 0.978. The third-order valence-corrected chi connectivity index (χ3v) is 2.61. The zero-order valence-corrected chi connectivity index (χ0v) is 8.43. The molecule has 0 heterocycles. The van der Waals surface area contributed by atoms with E-state index in [0.717, 1.165) is 18.9 Å². The third kappa shape index (κ3) is 3.17. The number of carbonyl (C=O) groups excluding carboxylic acids is 1. The number of alkyl halides is 1. The van der Waals surface area contributed by atoms with E-state index < -0.39 is 17.9 Å². The van der Waals surface area contributed by atoms with Crippen LogP contribution >= 0.6 is 0 Å². The van der Waals surface area contributed by atoms with Crippen LogP contribution in [0.3, 0.4) is 0 Å². The van der Waals surface area contributed by atoms with Crippen molar-refractivity contribution in [3.63, 3.8) is 0 Å². The number of ketones is 1. The van der Waals surface area contributed by atoms with Crippen LogP contribution in [0, 0.1) is 5.41 Å². The van der Waals surface area contributed by atoms with Crippen molar-refractivity contribution in [2.75, 3.05) is 6.67 Å². The number of hydrogen-bond donors (Lipinski definition) is 1. The maximum atomic E-state index is 11.8. The van der Waals surface area contributed by atoms with Gasteiger partial charge in [0.1, 0.15) is 5.76 Å². The molecule has 0 fully saturated rings. The molecule has 0 saturated heterocycles. The van der Waals surface area contributed by atoms with Gasteiger partial charge in [-0.2, -0.15) is 0 Å². The summed E-state index contributed by atoms with van der Waals surface area (Å²) in [7, 11) is 0. The lowest BCUT2D eigenvalue weighted by atomic mass is 9.82. The van der Waals surface area contributed by atoms with E-state index in [4.69, 9.17) is 0 Å². The van der Waals surface area contributed by atoms with E-state index in [1.165, 1.54) is 0 Å². The SMILES string of the molecule is CCC(C)(CC)/C(O)=C/C(=O)CF. The second kappa shape index (κ2) is 5.00. The lowest BCUT2D eigenvalue weighted by molar-refractivity contribution is -0.115. The van der Waals surface area contributed by atoms with Gasteiger partial charge in [-0.05, 0) is 12.8 Å². The van der Waals surface area contributed by atoms with E-state index >= 15 is 0 Å². The average Bonchev–Trinajstić information content (AvgIpc) is 2.16. The van der Waals surface area contributed by atoms with Crippen molar-refractivity contribution in [2.45, 2.75) is 33.6 Å². The van der Waals surface area contributed by atoms with Crippen molar-refractivity contribution in [1.29, 1.82) is 0 Å². The molecule has 0 radical (unpaired) electrons. The van der Waals surface area contributed by atoms with Gasteiger partial charge in [0.05, 0.1) is 0 Å². The third-order valence-electron chi connectivity index (χ3n) is 2.61. The second-order valence-corrected chi connectivity index (χ2v) is 3.40. The van der Waals surface area contributed by atoms with Crippen molar-refractivity contribution in [3.05, 3.63) is 11.8 Å². The summed E-state index contributed by atoms with van der Waals surface area (Å²) in [5.41, 5.74) is -0.398. The maximum absolute atomic E-state index is 11.8. The minimum absolute atomic E-state index is 0.0137. The second-order valence-electron chi connectivity index (χ2n) is 3.40. The van der Waals surface area contributed by atoms with Gasteiger partial charge in [0.15, 0.2) is 12.5 Å². The van der Waals surface area contributed by atoms with Gasteiger partial charge in [-0.3, -0.25) is 4.79 Å². The minimum atomic E-state index is -1.05. The van der Waals surface area contributed by atoms with Crippen LogP contribution in [0.4, 0.5) is 4.39 Å². The first-order chi connectivity index (χ1) is 6.00. The van der Waals surface area contributed by atoms with Crippen LogP contribution in [-0.4, -0.2) is 17.6 Å². The summed E-state index contributed by atoms with van der Waals surface area (Å²) in [6, 6.07) is 0. The Bertz CT molecular complexity index is 205. The number of aliphatic hydroxyl groups is 1. The summed E-state index contributed by atoms with van der Waals surface area (Å²) in [5.74, 6) is -0.689. The predicted molar refractivity (Wildman–Crippen MR) is 50.4 cm³/mol. The Morgan fingerprint density at radius 1 is 1.46 bits per heavy atom. The van der Waals surface area contributed by atoms with Crippen LogP contribution < -0.4 is 0 Å². The van der Waals surface area contributed by atoms with Crippen LogP contribution in [0.15, 0.2) is 11.8 Å². The number of allylic oxidation sites excluding steroid dienone is 2. The van der Waals surface area contributed by atoms with Crippen molar-refractivity contribution < 1.29 is 14.3 Å². The van der Waals surface area contributed by atoms with E-state index in [0.29, 0.717) is 0 Å². The van der Waals surface area contributed by atoms with Crippen molar-refractivity contribution >= 4 is 5.78 Å². The monoisotopic (exact) mass is 188 g/mol. The Balaban J connectivity index is 4.63. The highest BCUT2D eigenvalue weighted by atomic mass is 19.1. The van der Waals surface area contributed by atoms with Gasteiger partial charge in [-0.25, -0.2) is 4.39 Å². The number of hydrogen-bond acceptors (Lipinski definition) is 2. The number of rotatable bonds is 5. The average molecular weight is 188 g/mol. The molecule has 0 spiro atoms. The molecule has 3 heteroatoms. The maximum Gasteiger partial charge on any atom is 0.189 e. The zero-order valence-electron chi connectivity index (χ0n) is 8.43. The van der Waals surface area contributed by atoms with Crippen LogP contribution in [-0.2, 0) is 4.79 Å². The Morgan fingerprint density at radius 3 is 2.23 bits per heavy atom. The molecule has 0 aromatic carbocycles. The van der Waals surface area contributed by atoms with E-state index in [1.807, 2.05) is 20.8 Å². The molecule has 0 aliphatic carbocycles. The molecule has 0 rings (SSSR count). The van der Waals surface area contributed by atoms with Crippen LogP contribution in [0.2, 0.25) is 0 Å². The van der Waals surface area contributed by atoms with E-state index in [2.05, 4.69) is 0 Å². The van der Waals surface area contributed by atoms with E-state index in [-0.39, 0.29) is 5.76 Å². The van der Waals surface area contributed by atoms with Crippen LogP contribution in [0.25, 0.3) is 0 Å². The first kappa shape index (κ1) is 12.1. The Hall–Kier alpha value is -0.860. The van der Waals surface area contributed by atoms with E-state index in [1.54, 1.807) is 0 Å². The fourth-order valence-electron chi connectivity index (χ4n) is 0.978. The molecule has 13 heavy (non-hydrogen) atoms.